The normalized spacial score (nSPS) is 19.1. The van der Waals surface area contributed by atoms with Gasteiger partial charge in [0.25, 0.3) is 6.43 Å². The van der Waals surface area contributed by atoms with Gasteiger partial charge in [-0.05, 0) is 63.5 Å². The van der Waals surface area contributed by atoms with Crippen LogP contribution in [0.15, 0.2) is 18.2 Å². The number of hydrogen-bond acceptors (Lipinski definition) is 6. The van der Waals surface area contributed by atoms with Crippen LogP contribution < -0.4 is 10.6 Å². The number of nitrogens with two attached hydrogens (primary N) is 1. The summed E-state index contributed by atoms with van der Waals surface area (Å²) < 4.78 is 26.0. The van der Waals surface area contributed by atoms with E-state index >= 15 is 0 Å². The van der Waals surface area contributed by atoms with E-state index in [0.717, 1.165) is 0 Å². The fraction of sp³-hybridized carbons (Fsp3) is 0.579. The van der Waals surface area contributed by atoms with Gasteiger partial charge in [-0.25, -0.2) is 13.8 Å². The molecule has 2 fully saturated rings. The number of halogens is 2. The predicted octanol–water partition coefficient (Wildman–Crippen LogP) is 3.86. The van der Waals surface area contributed by atoms with Crippen LogP contribution in [0.1, 0.15) is 51.7 Å². The van der Waals surface area contributed by atoms with Gasteiger partial charge >= 0.3 is 0 Å². The first-order valence-corrected chi connectivity index (χ1v) is 9.49. The lowest BCUT2D eigenvalue weighted by molar-refractivity contribution is 0.146. The first-order valence-electron chi connectivity index (χ1n) is 9.49. The number of nitrogens with zero attached hydrogens (tertiary/aromatic N) is 5. The molecule has 0 saturated heterocycles. The highest BCUT2D eigenvalue weighted by Gasteiger charge is 2.40. The van der Waals surface area contributed by atoms with Crippen LogP contribution in [0.5, 0.6) is 0 Å². The molecule has 144 valence electrons. The van der Waals surface area contributed by atoms with E-state index in [4.69, 9.17) is 5.73 Å². The first kappa shape index (κ1) is 18.0. The number of anilines is 2. The number of rotatable bonds is 7. The van der Waals surface area contributed by atoms with Gasteiger partial charge in [-0.3, -0.25) is 0 Å². The van der Waals surface area contributed by atoms with Crippen LogP contribution in [0.4, 0.5) is 20.7 Å². The van der Waals surface area contributed by atoms with Crippen molar-refractivity contribution in [3.63, 3.8) is 0 Å². The van der Waals surface area contributed by atoms with Crippen LogP contribution in [0, 0.1) is 11.8 Å². The molecule has 0 amide bonds. The van der Waals surface area contributed by atoms with E-state index in [1.807, 2.05) is 0 Å². The lowest BCUT2D eigenvalue weighted by Crippen LogP contribution is -2.44. The van der Waals surface area contributed by atoms with Gasteiger partial charge in [0.1, 0.15) is 11.4 Å². The maximum absolute atomic E-state index is 13.0. The summed E-state index contributed by atoms with van der Waals surface area (Å²) in [5, 5.41) is 0. The minimum absolute atomic E-state index is 0.0789. The Hall–Kier alpha value is -2.38. The molecule has 4 rings (SSSR count). The summed E-state index contributed by atoms with van der Waals surface area (Å²) in [6, 6.07) is 5.03. The zero-order valence-electron chi connectivity index (χ0n) is 15.5. The third-order valence-corrected chi connectivity index (χ3v) is 5.58. The average molecular weight is 374 g/mol. The molecule has 0 unspecified atom stereocenters. The Morgan fingerprint density at radius 1 is 0.963 bits per heavy atom. The molecule has 2 aromatic heterocycles. The quantitative estimate of drug-likeness (QED) is 0.793. The van der Waals surface area contributed by atoms with E-state index in [1.54, 1.807) is 6.07 Å². The lowest BCUT2D eigenvalue weighted by atomic mass is 10.1. The molecule has 2 atom stereocenters. The van der Waals surface area contributed by atoms with Gasteiger partial charge in [0.15, 0.2) is 5.82 Å². The summed E-state index contributed by atoms with van der Waals surface area (Å²) in [6.07, 6.45) is 2.19. The Kier molecular flexibility index (Phi) is 4.65. The van der Waals surface area contributed by atoms with Gasteiger partial charge < -0.3 is 10.6 Å². The average Bonchev–Trinajstić information content (AvgIpc) is 3.54. The van der Waals surface area contributed by atoms with E-state index in [0.29, 0.717) is 29.9 Å². The summed E-state index contributed by atoms with van der Waals surface area (Å²) in [5.41, 5.74) is 5.93. The third kappa shape index (κ3) is 3.84. The van der Waals surface area contributed by atoms with Gasteiger partial charge in [0.2, 0.25) is 11.9 Å². The Morgan fingerprint density at radius 2 is 1.59 bits per heavy atom. The minimum atomic E-state index is -2.65. The maximum Gasteiger partial charge on any atom is 0.280 e. The van der Waals surface area contributed by atoms with Crippen LogP contribution in [0.2, 0.25) is 0 Å². The van der Waals surface area contributed by atoms with Gasteiger partial charge in [-0.15, -0.1) is 0 Å². The van der Waals surface area contributed by atoms with E-state index in [1.165, 1.54) is 37.8 Å². The van der Waals surface area contributed by atoms with Crippen molar-refractivity contribution in [2.45, 2.75) is 58.0 Å². The molecular weight excluding hydrogens is 350 g/mol. The molecule has 2 saturated carbocycles. The first-order chi connectivity index (χ1) is 12.9. The second kappa shape index (κ2) is 6.98. The molecule has 2 aromatic rings. The highest BCUT2D eigenvalue weighted by Crippen LogP contribution is 2.42. The Bertz CT molecular complexity index is 804. The van der Waals surface area contributed by atoms with Crippen molar-refractivity contribution in [2.75, 3.05) is 10.6 Å². The van der Waals surface area contributed by atoms with Crippen molar-refractivity contribution in [1.82, 2.24) is 19.9 Å². The van der Waals surface area contributed by atoms with E-state index in [9.17, 15) is 8.78 Å². The van der Waals surface area contributed by atoms with Crippen LogP contribution in [-0.4, -0.2) is 32.0 Å². The minimum Gasteiger partial charge on any atom is -0.368 e. The Labute approximate surface area is 157 Å². The van der Waals surface area contributed by atoms with E-state index < -0.39 is 6.43 Å². The molecule has 27 heavy (non-hydrogen) atoms. The second-order valence-corrected chi connectivity index (χ2v) is 7.63. The summed E-state index contributed by atoms with van der Waals surface area (Å²) in [6.45, 7) is 4.40. The maximum atomic E-state index is 13.0. The standard InChI is InChI=1S/C19H24F2N6/c1-10(12-6-7-12)27(11(2)13-8-9-13)19-25-17(24-18(22)26-19)15-5-3-4-14(23-15)16(20)21/h3-5,10-13,16H,6-9H2,1-2H3,(H2,22,24,25,26)/t10-,11-/m1/s1. The fourth-order valence-corrected chi connectivity index (χ4v) is 3.65. The van der Waals surface area contributed by atoms with Gasteiger partial charge in [-0.1, -0.05) is 6.07 Å². The smallest absolute Gasteiger partial charge is 0.280 e. The lowest BCUT2D eigenvalue weighted by Gasteiger charge is -2.35. The highest BCUT2D eigenvalue weighted by molar-refractivity contribution is 5.54. The summed E-state index contributed by atoms with van der Waals surface area (Å²) in [5.74, 6) is 2.09. The van der Waals surface area contributed by atoms with Crippen molar-refractivity contribution in [2.24, 2.45) is 11.8 Å². The Balaban J connectivity index is 1.72. The summed E-state index contributed by atoms with van der Waals surface area (Å²) in [7, 11) is 0. The zero-order valence-corrected chi connectivity index (χ0v) is 15.5. The number of alkyl halides is 2. The van der Waals surface area contributed by atoms with Crippen molar-refractivity contribution in [3.05, 3.63) is 23.9 Å². The molecule has 2 N–H and O–H groups in total. The monoisotopic (exact) mass is 374 g/mol. The van der Waals surface area contributed by atoms with E-state index in [2.05, 4.69) is 38.7 Å². The molecule has 0 spiro atoms. The molecule has 0 radical (unpaired) electrons. The van der Waals surface area contributed by atoms with Gasteiger partial charge in [0.05, 0.1) is 0 Å². The van der Waals surface area contributed by atoms with Crippen molar-refractivity contribution in [1.29, 1.82) is 0 Å². The molecule has 2 aliphatic carbocycles. The highest BCUT2D eigenvalue weighted by atomic mass is 19.3. The number of hydrogen-bond donors (Lipinski definition) is 1. The summed E-state index contributed by atoms with van der Waals surface area (Å²) >= 11 is 0. The van der Waals surface area contributed by atoms with Crippen LogP contribution in [0.3, 0.4) is 0 Å². The predicted molar refractivity (Wildman–Crippen MR) is 99.3 cm³/mol. The topological polar surface area (TPSA) is 80.8 Å². The molecule has 2 aliphatic rings. The third-order valence-electron chi connectivity index (χ3n) is 5.58. The molecular formula is C19H24F2N6. The zero-order chi connectivity index (χ0) is 19.1. The summed E-state index contributed by atoms with van der Waals surface area (Å²) in [4.78, 5) is 19.4. The van der Waals surface area contributed by atoms with E-state index in [-0.39, 0.29) is 23.2 Å². The molecule has 6 nitrogen and oxygen atoms in total. The molecule has 0 bridgehead atoms. The number of aromatic nitrogens is 4. The molecule has 0 aromatic carbocycles. The van der Waals surface area contributed by atoms with Crippen molar-refractivity contribution >= 4 is 11.9 Å². The van der Waals surface area contributed by atoms with Crippen LogP contribution in [0.25, 0.3) is 11.5 Å². The molecule has 8 heteroatoms. The SMILES string of the molecule is C[C@H](C1CC1)N(c1nc(N)nc(-c2cccc(C(F)F)n2)n1)[C@H](C)C1CC1. The van der Waals surface area contributed by atoms with Crippen LogP contribution in [-0.2, 0) is 0 Å². The fourth-order valence-electron chi connectivity index (χ4n) is 3.65. The van der Waals surface area contributed by atoms with Crippen LogP contribution >= 0.6 is 0 Å². The Morgan fingerprint density at radius 3 is 2.15 bits per heavy atom. The number of pyridine rings is 1. The second-order valence-electron chi connectivity index (χ2n) is 7.63. The molecule has 2 heterocycles. The number of nitrogen functional groups attached to an aromatic ring is 1. The largest absolute Gasteiger partial charge is 0.368 e. The van der Waals surface area contributed by atoms with Gasteiger partial charge in [0, 0.05) is 12.1 Å². The van der Waals surface area contributed by atoms with Crippen molar-refractivity contribution in [3.8, 4) is 11.5 Å². The molecule has 0 aliphatic heterocycles. The van der Waals surface area contributed by atoms with Gasteiger partial charge in [-0.2, -0.15) is 15.0 Å². The van der Waals surface area contributed by atoms with Crippen molar-refractivity contribution < 1.29 is 8.78 Å².